The normalized spacial score (nSPS) is 11.0. The van der Waals surface area contributed by atoms with Crippen molar-refractivity contribution in [2.45, 2.75) is 13.3 Å². The van der Waals surface area contributed by atoms with Crippen LogP contribution in [-0.2, 0) is 0 Å². The monoisotopic (exact) mass is 180 g/mol. The zero-order valence-electron chi connectivity index (χ0n) is 7.63. The van der Waals surface area contributed by atoms with Crippen LogP contribution in [0.15, 0.2) is 24.3 Å². The van der Waals surface area contributed by atoms with E-state index in [0.717, 1.165) is 5.56 Å². The van der Waals surface area contributed by atoms with Gasteiger partial charge < -0.3 is 5.11 Å². The van der Waals surface area contributed by atoms with Crippen molar-refractivity contribution in [3.8, 4) is 0 Å². The minimum absolute atomic E-state index is 0.101. The molecule has 0 fully saturated rings. The van der Waals surface area contributed by atoms with Crippen LogP contribution in [0.25, 0.3) is 6.08 Å². The third-order valence-corrected chi connectivity index (χ3v) is 1.74. The van der Waals surface area contributed by atoms with Gasteiger partial charge in [-0.2, -0.15) is 0 Å². The number of hydrogen-bond donors (Lipinski definition) is 1. The van der Waals surface area contributed by atoms with Crippen molar-refractivity contribution >= 4 is 6.08 Å². The van der Waals surface area contributed by atoms with Crippen molar-refractivity contribution < 1.29 is 9.50 Å². The minimum Gasteiger partial charge on any atom is -0.396 e. The molecule has 0 radical (unpaired) electrons. The van der Waals surface area contributed by atoms with Crippen LogP contribution in [-0.4, -0.2) is 11.7 Å². The molecule has 0 aromatic heterocycles. The molecule has 0 aliphatic heterocycles. The predicted octanol–water partition coefficient (Wildman–Crippen LogP) is 2.53. The molecule has 1 N–H and O–H groups in total. The van der Waals surface area contributed by atoms with Gasteiger partial charge in [-0.15, -0.1) is 0 Å². The largest absolute Gasteiger partial charge is 0.396 e. The molecule has 0 bridgehead atoms. The molecule has 0 aliphatic rings. The molecule has 0 unspecified atom stereocenters. The van der Waals surface area contributed by atoms with Gasteiger partial charge in [0.05, 0.1) is 0 Å². The number of aliphatic hydroxyl groups excluding tert-OH is 1. The van der Waals surface area contributed by atoms with E-state index in [1.165, 1.54) is 6.07 Å². The lowest BCUT2D eigenvalue weighted by Crippen LogP contribution is -1.83. The molecular weight excluding hydrogens is 167 g/mol. The van der Waals surface area contributed by atoms with Gasteiger partial charge in [-0.25, -0.2) is 4.39 Å². The minimum atomic E-state index is -0.222. The number of hydrogen-bond acceptors (Lipinski definition) is 1. The molecule has 1 aromatic rings. The third-order valence-electron chi connectivity index (χ3n) is 1.74. The molecule has 13 heavy (non-hydrogen) atoms. The van der Waals surface area contributed by atoms with Crippen molar-refractivity contribution in [1.29, 1.82) is 0 Å². The Morgan fingerprint density at radius 2 is 2.23 bits per heavy atom. The predicted molar refractivity (Wildman–Crippen MR) is 51.9 cm³/mol. The summed E-state index contributed by atoms with van der Waals surface area (Å²) < 4.78 is 13.1. The average molecular weight is 180 g/mol. The summed E-state index contributed by atoms with van der Waals surface area (Å²) in [5.41, 5.74) is 1.61. The first kappa shape index (κ1) is 9.93. The van der Waals surface area contributed by atoms with Crippen LogP contribution in [0.1, 0.15) is 17.5 Å². The molecule has 0 saturated heterocycles. The second-order valence-corrected chi connectivity index (χ2v) is 2.94. The van der Waals surface area contributed by atoms with Crippen molar-refractivity contribution in [2.24, 2.45) is 0 Å². The van der Waals surface area contributed by atoms with Gasteiger partial charge in [0.25, 0.3) is 0 Å². The molecule has 0 amide bonds. The highest BCUT2D eigenvalue weighted by atomic mass is 19.1. The van der Waals surface area contributed by atoms with Gasteiger partial charge in [0.2, 0.25) is 0 Å². The first-order valence-corrected chi connectivity index (χ1v) is 4.27. The summed E-state index contributed by atoms with van der Waals surface area (Å²) in [6, 6.07) is 4.97. The summed E-state index contributed by atoms with van der Waals surface area (Å²) >= 11 is 0. The number of aliphatic hydroxyl groups is 1. The molecule has 0 heterocycles. The van der Waals surface area contributed by atoms with Crippen LogP contribution in [0.3, 0.4) is 0 Å². The lowest BCUT2D eigenvalue weighted by molar-refractivity contribution is 0.303. The molecule has 0 atom stereocenters. The zero-order chi connectivity index (χ0) is 9.68. The number of halogens is 1. The van der Waals surface area contributed by atoms with Crippen LogP contribution in [0.5, 0.6) is 0 Å². The molecule has 1 nitrogen and oxygen atoms in total. The lowest BCUT2D eigenvalue weighted by atomic mass is 10.1. The standard InChI is InChI=1S/C11H13FO/c1-9-5-6-11(12)10(8-9)4-2-3-7-13/h2,4-6,8,13H,3,7H2,1H3. The van der Waals surface area contributed by atoms with E-state index >= 15 is 0 Å². The second kappa shape index (κ2) is 4.77. The number of rotatable bonds is 3. The van der Waals surface area contributed by atoms with Gasteiger partial charge in [-0.3, -0.25) is 0 Å². The van der Waals surface area contributed by atoms with Crippen molar-refractivity contribution in [2.75, 3.05) is 6.61 Å². The Labute approximate surface area is 77.5 Å². The number of aryl methyl sites for hydroxylation is 1. The van der Waals surface area contributed by atoms with E-state index in [0.29, 0.717) is 12.0 Å². The van der Waals surface area contributed by atoms with Crippen molar-refractivity contribution in [3.63, 3.8) is 0 Å². The fourth-order valence-electron chi connectivity index (χ4n) is 1.08. The van der Waals surface area contributed by atoms with Crippen molar-refractivity contribution in [1.82, 2.24) is 0 Å². The third kappa shape index (κ3) is 2.99. The molecule has 0 aliphatic carbocycles. The molecule has 70 valence electrons. The smallest absolute Gasteiger partial charge is 0.130 e. The molecule has 0 spiro atoms. The summed E-state index contributed by atoms with van der Waals surface area (Å²) in [6.45, 7) is 2.02. The Kier molecular flexibility index (Phi) is 3.65. The highest BCUT2D eigenvalue weighted by molar-refractivity contribution is 5.50. The van der Waals surface area contributed by atoms with Gasteiger partial charge in [0.15, 0.2) is 0 Å². The SMILES string of the molecule is Cc1ccc(F)c(C=CCCO)c1. The summed E-state index contributed by atoms with van der Waals surface area (Å²) in [5.74, 6) is -0.222. The topological polar surface area (TPSA) is 20.2 Å². The van der Waals surface area contributed by atoms with Crippen LogP contribution >= 0.6 is 0 Å². The highest BCUT2D eigenvalue weighted by Crippen LogP contribution is 2.11. The molecule has 2 heteroatoms. The van der Waals surface area contributed by atoms with Crippen LogP contribution in [0.4, 0.5) is 4.39 Å². The summed E-state index contributed by atoms with van der Waals surface area (Å²) in [4.78, 5) is 0. The van der Waals surface area contributed by atoms with Crippen LogP contribution in [0, 0.1) is 12.7 Å². The van der Waals surface area contributed by atoms with E-state index in [4.69, 9.17) is 5.11 Å². The summed E-state index contributed by atoms with van der Waals surface area (Å²) in [5, 5.41) is 8.52. The Morgan fingerprint density at radius 3 is 2.92 bits per heavy atom. The van der Waals surface area contributed by atoms with E-state index in [2.05, 4.69) is 0 Å². The lowest BCUT2D eigenvalue weighted by Gasteiger charge is -1.98. The van der Waals surface area contributed by atoms with Gasteiger partial charge in [-0.1, -0.05) is 23.8 Å². The molecule has 0 saturated carbocycles. The van der Waals surface area contributed by atoms with E-state index in [1.54, 1.807) is 24.3 Å². The first-order valence-electron chi connectivity index (χ1n) is 4.27. The Morgan fingerprint density at radius 1 is 1.46 bits per heavy atom. The fraction of sp³-hybridized carbons (Fsp3) is 0.273. The Bertz CT molecular complexity index is 305. The quantitative estimate of drug-likeness (QED) is 0.757. The van der Waals surface area contributed by atoms with E-state index in [-0.39, 0.29) is 12.4 Å². The average Bonchev–Trinajstić information content (AvgIpc) is 2.11. The maximum atomic E-state index is 13.1. The maximum Gasteiger partial charge on any atom is 0.130 e. The van der Waals surface area contributed by atoms with E-state index in [1.807, 2.05) is 6.92 Å². The fourth-order valence-corrected chi connectivity index (χ4v) is 1.08. The van der Waals surface area contributed by atoms with E-state index < -0.39 is 0 Å². The van der Waals surface area contributed by atoms with Crippen LogP contribution in [0.2, 0.25) is 0 Å². The highest BCUT2D eigenvalue weighted by Gasteiger charge is 1.96. The molecular formula is C11H13FO. The first-order chi connectivity index (χ1) is 6.24. The Balaban J connectivity index is 2.81. The van der Waals surface area contributed by atoms with Gasteiger partial charge in [-0.05, 0) is 25.5 Å². The van der Waals surface area contributed by atoms with Crippen LogP contribution < -0.4 is 0 Å². The van der Waals surface area contributed by atoms with Gasteiger partial charge >= 0.3 is 0 Å². The second-order valence-electron chi connectivity index (χ2n) is 2.94. The van der Waals surface area contributed by atoms with Gasteiger partial charge in [0, 0.05) is 12.2 Å². The van der Waals surface area contributed by atoms with Gasteiger partial charge in [0.1, 0.15) is 5.82 Å². The number of benzene rings is 1. The zero-order valence-corrected chi connectivity index (χ0v) is 7.63. The summed E-state index contributed by atoms with van der Waals surface area (Å²) in [6.07, 6.45) is 4.02. The molecule has 1 rings (SSSR count). The Hall–Kier alpha value is -1.15. The van der Waals surface area contributed by atoms with Crippen molar-refractivity contribution in [3.05, 3.63) is 41.2 Å². The summed E-state index contributed by atoms with van der Waals surface area (Å²) in [7, 11) is 0. The maximum absolute atomic E-state index is 13.1. The van der Waals surface area contributed by atoms with E-state index in [9.17, 15) is 4.39 Å². The molecule has 1 aromatic carbocycles.